The average Bonchev–Trinajstić information content (AvgIpc) is 2.82. The highest BCUT2D eigenvalue weighted by molar-refractivity contribution is 6.30. The first-order valence-corrected chi connectivity index (χ1v) is 8.64. The highest BCUT2D eigenvalue weighted by atomic mass is 35.5. The predicted octanol–water partition coefficient (Wildman–Crippen LogP) is 1.14. The number of carbonyl (C=O) groups is 2. The van der Waals surface area contributed by atoms with Gasteiger partial charge in [-0.15, -0.1) is 0 Å². The lowest BCUT2D eigenvalue weighted by atomic mass is 9.85. The van der Waals surface area contributed by atoms with E-state index in [2.05, 4.69) is 0 Å². The van der Waals surface area contributed by atoms with Crippen LogP contribution in [0.3, 0.4) is 0 Å². The second-order valence-corrected chi connectivity index (χ2v) is 6.86. The van der Waals surface area contributed by atoms with E-state index in [-0.39, 0.29) is 23.7 Å². The molecule has 0 saturated carbocycles. The lowest BCUT2D eigenvalue weighted by Gasteiger charge is -2.20. The maximum absolute atomic E-state index is 12.4. The van der Waals surface area contributed by atoms with Gasteiger partial charge in [0.1, 0.15) is 18.9 Å². The first-order chi connectivity index (χ1) is 11.6. The molecule has 1 aliphatic heterocycles. The number of benzene rings is 1. The number of likely N-dealkylation sites (N-methyl/N-ethyl adjacent to an activating group) is 1. The molecule has 6 heteroatoms. The minimum absolute atomic E-state index is 0.0210. The van der Waals surface area contributed by atoms with Crippen LogP contribution in [0.2, 0.25) is 5.02 Å². The van der Waals surface area contributed by atoms with Gasteiger partial charge in [-0.25, -0.2) is 4.90 Å². The van der Waals surface area contributed by atoms with Crippen molar-refractivity contribution in [3.05, 3.63) is 41.4 Å². The van der Waals surface area contributed by atoms with Gasteiger partial charge in [0.15, 0.2) is 6.67 Å². The van der Waals surface area contributed by atoms with Crippen LogP contribution in [-0.2, 0) is 9.59 Å². The predicted molar refractivity (Wildman–Crippen MR) is 90.8 cm³/mol. The zero-order valence-corrected chi connectivity index (χ0v) is 14.5. The lowest BCUT2D eigenvalue weighted by Crippen LogP contribution is -3.11. The Morgan fingerprint density at radius 1 is 1.12 bits per heavy atom. The van der Waals surface area contributed by atoms with Crippen LogP contribution in [0.4, 0.5) is 0 Å². The Kier molecular flexibility index (Phi) is 5.21. The molecule has 2 amide bonds. The second-order valence-electron chi connectivity index (χ2n) is 6.43. The van der Waals surface area contributed by atoms with Gasteiger partial charge in [0.05, 0.1) is 18.9 Å². The third-order valence-electron chi connectivity index (χ3n) is 4.64. The SMILES string of the molecule is C[NH+](CCOc1ccc(Cl)cc1)CN1C(=O)[C@H]2CC=CC[C@@H]2C1=O. The summed E-state index contributed by atoms with van der Waals surface area (Å²) in [6.07, 6.45) is 5.38. The number of fused-ring (bicyclic) bond motifs is 1. The summed E-state index contributed by atoms with van der Waals surface area (Å²) in [7, 11) is 1.96. The van der Waals surface area contributed by atoms with Crippen LogP contribution in [0.15, 0.2) is 36.4 Å². The summed E-state index contributed by atoms with van der Waals surface area (Å²) in [5.41, 5.74) is 0. The largest absolute Gasteiger partial charge is 0.488 e. The molecule has 2 aliphatic rings. The van der Waals surface area contributed by atoms with E-state index in [0.717, 1.165) is 10.6 Å². The molecule has 1 saturated heterocycles. The van der Waals surface area contributed by atoms with Crippen molar-refractivity contribution in [2.45, 2.75) is 12.8 Å². The average molecular weight is 350 g/mol. The van der Waals surface area contributed by atoms with Crippen molar-refractivity contribution in [3.8, 4) is 5.75 Å². The van der Waals surface area contributed by atoms with Crippen molar-refractivity contribution in [3.63, 3.8) is 0 Å². The van der Waals surface area contributed by atoms with Gasteiger partial charge in [0.25, 0.3) is 0 Å². The van der Waals surface area contributed by atoms with Crippen LogP contribution in [0.1, 0.15) is 12.8 Å². The minimum atomic E-state index is -0.152. The third-order valence-corrected chi connectivity index (χ3v) is 4.89. The highest BCUT2D eigenvalue weighted by Gasteiger charge is 2.48. The van der Waals surface area contributed by atoms with Gasteiger partial charge in [0, 0.05) is 5.02 Å². The lowest BCUT2D eigenvalue weighted by molar-refractivity contribution is -0.887. The van der Waals surface area contributed by atoms with Crippen molar-refractivity contribution in [1.29, 1.82) is 0 Å². The van der Waals surface area contributed by atoms with Crippen LogP contribution >= 0.6 is 11.6 Å². The molecule has 5 nitrogen and oxygen atoms in total. The molecule has 0 aromatic heterocycles. The normalized spacial score (nSPS) is 24.2. The summed E-state index contributed by atoms with van der Waals surface area (Å²) < 4.78 is 5.67. The first kappa shape index (κ1) is 17.0. The molecule has 1 N–H and O–H groups in total. The van der Waals surface area contributed by atoms with Crippen LogP contribution in [0.25, 0.3) is 0 Å². The number of nitrogens with one attached hydrogen (secondary N) is 1. The molecule has 3 rings (SSSR count). The smallest absolute Gasteiger partial charge is 0.237 e. The molecule has 1 aliphatic carbocycles. The maximum atomic E-state index is 12.4. The molecule has 0 bridgehead atoms. The standard InChI is InChI=1S/C18H21ClN2O3/c1-20(10-11-24-14-8-6-13(19)7-9-14)12-21-17(22)15-4-2-3-5-16(15)18(21)23/h2-3,6-9,15-16H,4-5,10-12H2,1H3/p+1/t15-,16-/m0/s1. The van der Waals surface area contributed by atoms with Crippen LogP contribution in [0, 0.1) is 11.8 Å². The van der Waals surface area contributed by atoms with Crippen LogP contribution < -0.4 is 9.64 Å². The molecular formula is C18H22ClN2O3+. The molecule has 1 aromatic rings. The molecular weight excluding hydrogens is 328 g/mol. The Balaban J connectivity index is 1.48. The number of nitrogens with zero attached hydrogens (tertiary/aromatic N) is 1. The van der Waals surface area contributed by atoms with E-state index in [0.29, 0.717) is 37.7 Å². The monoisotopic (exact) mass is 349 g/mol. The van der Waals surface area contributed by atoms with Crippen molar-refractivity contribution in [2.75, 3.05) is 26.9 Å². The topological polar surface area (TPSA) is 51.1 Å². The van der Waals surface area contributed by atoms with Gasteiger partial charge in [-0.3, -0.25) is 9.59 Å². The van der Waals surface area contributed by atoms with E-state index in [1.807, 2.05) is 31.3 Å². The molecule has 1 heterocycles. The number of ether oxygens (including phenoxy) is 1. The molecule has 128 valence electrons. The van der Waals surface area contributed by atoms with Crippen LogP contribution in [-0.4, -0.2) is 43.6 Å². The zero-order chi connectivity index (χ0) is 17.1. The Morgan fingerprint density at radius 3 is 2.29 bits per heavy atom. The van der Waals surface area contributed by atoms with Gasteiger partial charge in [-0.2, -0.15) is 0 Å². The number of hydrogen-bond donors (Lipinski definition) is 1. The fourth-order valence-electron chi connectivity index (χ4n) is 3.25. The summed E-state index contributed by atoms with van der Waals surface area (Å²) in [6, 6.07) is 7.21. The zero-order valence-electron chi connectivity index (χ0n) is 13.7. The van der Waals surface area contributed by atoms with Gasteiger partial charge < -0.3 is 9.64 Å². The van der Waals surface area contributed by atoms with E-state index < -0.39 is 0 Å². The number of quaternary nitrogens is 1. The molecule has 3 atom stereocenters. The van der Waals surface area contributed by atoms with Crippen molar-refractivity contribution >= 4 is 23.4 Å². The molecule has 24 heavy (non-hydrogen) atoms. The number of rotatable bonds is 6. The van der Waals surface area contributed by atoms with Gasteiger partial charge in [-0.05, 0) is 37.1 Å². The summed E-state index contributed by atoms with van der Waals surface area (Å²) in [5.74, 6) is 0.415. The van der Waals surface area contributed by atoms with Gasteiger partial charge in [0.2, 0.25) is 11.8 Å². The number of hydrogen-bond acceptors (Lipinski definition) is 3. The van der Waals surface area contributed by atoms with Crippen molar-refractivity contribution < 1.29 is 19.2 Å². The minimum Gasteiger partial charge on any atom is -0.488 e. The summed E-state index contributed by atoms with van der Waals surface area (Å²) in [6.45, 7) is 1.61. The highest BCUT2D eigenvalue weighted by Crippen LogP contribution is 2.34. The van der Waals surface area contributed by atoms with E-state index in [1.165, 1.54) is 4.90 Å². The fourth-order valence-corrected chi connectivity index (χ4v) is 3.37. The number of likely N-dealkylation sites (tertiary alicyclic amines) is 1. The summed E-state index contributed by atoms with van der Waals surface area (Å²) >= 11 is 5.84. The first-order valence-electron chi connectivity index (χ1n) is 8.26. The molecule has 1 fully saturated rings. The summed E-state index contributed by atoms with van der Waals surface area (Å²) in [5, 5.41) is 0.673. The van der Waals surface area contributed by atoms with Crippen molar-refractivity contribution in [1.82, 2.24) is 4.90 Å². The molecule has 0 radical (unpaired) electrons. The molecule has 1 unspecified atom stereocenters. The molecule has 0 spiro atoms. The Hall–Kier alpha value is -1.85. The van der Waals surface area contributed by atoms with Gasteiger partial charge >= 0.3 is 0 Å². The third kappa shape index (κ3) is 3.62. The van der Waals surface area contributed by atoms with Crippen molar-refractivity contribution in [2.24, 2.45) is 11.8 Å². The number of amides is 2. The van der Waals surface area contributed by atoms with E-state index in [9.17, 15) is 9.59 Å². The van der Waals surface area contributed by atoms with Gasteiger partial charge in [-0.1, -0.05) is 23.8 Å². The number of halogens is 1. The number of imide groups is 1. The quantitative estimate of drug-likeness (QED) is 0.619. The molecule has 1 aromatic carbocycles. The Bertz CT molecular complexity index is 618. The number of allylic oxidation sites excluding steroid dienone is 2. The fraction of sp³-hybridized carbons (Fsp3) is 0.444. The van der Waals surface area contributed by atoms with Crippen LogP contribution in [0.5, 0.6) is 5.75 Å². The van der Waals surface area contributed by atoms with E-state index in [1.54, 1.807) is 12.1 Å². The summed E-state index contributed by atoms with van der Waals surface area (Å²) in [4.78, 5) is 27.4. The maximum Gasteiger partial charge on any atom is 0.237 e. The Morgan fingerprint density at radius 2 is 1.71 bits per heavy atom. The van der Waals surface area contributed by atoms with E-state index >= 15 is 0 Å². The Labute approximate surface area is 146 Å². The van der Waals surface area contributed by atoms with E-state index in [4.69, 9.17) is 16.3 Å². The second kappa shape index (κ2) is 7.36. The number of carbonyl (C=O) groups excluding carboxylic acids is 2.